The first-order chi connectivity index (χ1) is 12.5. The van der Waals surface area contributed by atoms with Crippen molar-refractivity contribution >= 4 is 17.7 Å². The van der Waals surface area contributed by atoms with E-state index >= 15 is 0 Å². The monoisotopic (exact) mass is 361 g/mol. The molecular formula is C20H27NO5. The topological polar surface area (TPSA) is 81.7 Å². The number of ketones is 1. The van der Waals surface area contributed by atoms with Gasteiger partial charge in [0.15, 0.2) is 18.5 Å². The van der Waals surface area contributed by atoms with Crippen molar-refractivity contribution in [3.63, 3.8) is 0 Å². The zero-order valence-corrected chi connectivity index (χ0v) is 15.5. The first-order valence-electron chi connectivity index (χ1n) is 9.19. The van der Waals surface area contributed by atoms with Crippen molar-refractivity contribution in [1.29, 1.82) is 0 Å². The third-order valence-corrected chi connectivity index (χ3v) is 4.48. The Kier molecular flexibility index (Phi) is 7.63. The smallest absolute Gasteiger partial charge is 0.344 e. The van der Waals surface area contributed by atoms with Gasteiger partial charge in [0.25, 0.3) is 5.91 Å². The largest absolute Gasteiger partial charge is 0.482 e. The Bertz CT molecular complexity index is 635. The Hall–Kier alpha value is -2.37. The van der Waals surface area contributed by atoms with Crippen molar-refractivity contribution in [3.05, 3.63) is 29.8 Å². The van der Waals surface area contributed by atoms with Gasteiger partial charge in [-0.3, -0.25) is 9.59 Å². The average Bonchev–Trinajstić information content (AvgIpc) is 2.88. The third-order valence-electron chi connectivity index (χ3n) is 4.48. The van der Waals surface area contributed by atoms with Crippen LogP contribution in [-0.4, -0.2) is 36.4 Å². The van der Waals surface area contributed by atoms with Crippen LogP contribution >= 0.6 is 0 Å². The van der Waals surface area contributed by atoms with E-state index in [1.807, 2.05) is 0 Å². The second-order valence-electron chi connectivity index (χ2n) is 6.70. The molecule has 0 spiro atoms. The normalized spacial score (nSPS) is 16.2. The number of carbonyl (C=O) groups is 3. The van der Waals surface area contributed by atoms with Gasteiger partial charge in [0.05, 0.1) is 0 Å². The molecule has 1 saturated carbocycles. The van der Waals surface area contributed by atoms with Crippen molar-refractivity contribution in [2.75, 3.05) is 6.61 Å². The molecule has 0 bridgehead atoms. The van der Waals surface area contributed by atoms with Gasteiger partial charge < -0.3 is 14.8 Å². The first kappa shape index (κ1) is 19.9. The minimum atomic E-state index is -0.863. The summed E-state index contributed by atoms with van der Waals surface area (Å²) in [6.07, 6.45) is 5.73. The summed E-state index contributed by atoms with van der Waals surface area (Å²) < 4.78 is 10.5. The molecule has 0 radical (unpaired) electrons. The van der Waals surface area contributed by atoms with Crippen LogP contribution in [0.25, 0.3) is 0 Å². The maximum absolute atomic E-state index is 12.2. The highest BCUT2D eigenvalue weighted by molar-refractivity contribution is 5.94. The van der Waals surface area contributed by atoms with E-state index < -0.39 is 12.1 Å². The molecule has 142 valence electrons. The van der Waals surface area contributed by atoms with Crippen LogP contribution in [0.4, 0.5) is 0 Å². The molecule has 1 aromatic rings. The summed E-state index contributed by atoms with van der Waals surface area (Å²) in [7, 11) is 0. The molecule has 1 atom stereocenters. The molecule has 1 aliphatic rings. The highest BCUT2D eigenvalue weighted by Crippen LogP contribution is 2.17. The number of Topliss-reactive ketones (excluding diaryl/α,β-unsaturated/α-hetero) is 1. The van der Waals surface area contributed by atoms with E-state index in [0.717, 1.165) is 25.7 Å². The summed E-state index contributed by atoms with van der Waals surface area (Å²) in [4.78, 5) is 35.4. The standard InChI is InChI=1S/C20H27NO5/c1-14(22)16-8-7-11-18(12-16)25-13-19(23)26-15(2)20(24)21-17-9-5-3-4-6-10-17/h7-8,11-12,15,17H,3-6,9-10,13H2,1-2H3,(H,21,24)/t15-/m1/s1. The first-order valence-corrected chi connectivity index (χ1v) is 9.19. The van der Waals surface area contributed by atoms with Gasteiger partial charge in [-0.05, 0) is 38.8 Å². The molecule has 1 aliphatic carbocycles. The Labute approximate surface area is 154 Å². The van der Waals surface area contributed by atoms with Crippen LogP contribution in [0.2, 0.25) is 0 Å². The lowest BCUT2D eigenvalue weighted by molar-refractivity contribution is -0.156. The molecule has 0 aromatic heterocycles. The fraction of sp³-hybridized carbons (Fsp3) is 0.550. The van der Waals surface area contributed by atoms with Crippen molar-refractivity contribution in [1.82, 2.24) is 5.32 Å². The van der Waals surface area contributed by atoms with Crippen LogP contribution < -0.4 is 10.1 Å². The Balaban J connectivity index is 1.76. The number of benzene rings is 1. The zero-order chi connectivity index (χ0) is 18.9. The number of hydrogen-bond acceptors (Lipinski definition) is 5. The van der Waals surface area contributed by atoms with E-state index in [0.29, 0.717) is 11.3 Å². The molecular weight excluding hydrogens is 334 g/mol. The molecule has 1 N–H and O–H groups in total. The summed E-state index contributed by atoms with van der Waals surface area (Å²) in [6, 6.07) is 6.74. The van der Waals surface area contributed by atoms with Crippen molar-refractivity contribution in [3.8, 4) is 5.75 Å². The average molecular weight is 361 g/mol. The lowest BCUT2D eigenvalue weighted by Crippen LogP contribution is -2.42. The van der Waals surface area contributed by atoms with Gasteiger partial charge in [-0.2, -0.15) is 0 Å². The van der Waals surface area contributed by atoms with Gasteiger partial charge in [0, 0.05) is 11.6 Å². The molecule has 0 aliphatic heterocycles. The molecule has 0 unspecified atom stereocenters. The van der Waals surface area contributed by atoms with E-state index in [4.69, 9.17) is 9.47 Å². The number of nitrogens with one attached hydrogen (secondary N) is 1. The van der Waals surface area contributed by atoms with Crippen LogP contribution in [0.1, 0.15) is 62.7 Å². The fourth-order valence-corrected chi connectivity index (χ4v) is 2.97. The number of amides is 1. The SMILES string of the molecule is CC(=O)c1cccc(OCC(=O)O[C@H](C)C(=O)NC2CCCCCC2)c1. The predicted octanol–water partition coefficient (Wildman–Crippen LogP) is 3.04. The summed E-state index contributed by atoms with van der Waals surface area (Å²) in [5.41, 5.74) is 0.506. The number of esters is 1. The molecule has 26 heavy (non-hydrogen) atoms. The lowest BCUT2D eigenvalue weighted by Gasteiger charge is -2.19. The van der Waals surface area contributed by atoms with Gasteiger partial charge in [0.2, 0.25) is 0 Å². The summed E-state index contributed by atoms with van der Waals surface area (Å²) >= 11 is 0. The van der Waals surface area contributed by atoms with Crippen LogP contribution in [0.3, 0.4) is 0 Å². The fourth-order valence-electron chi connectivity index (χ4n) is 2.97. The van der Waals surface area contributed by atoms with Crippen molar-refractivity contribution in [2.24, 2.45) is 0 Å². The summed E-state index contributed by atoms with van der Waals surface area (Å²) in [5, 5.41) is 2.96. The quantitative estimate of drug-likeness (QED) is 0.459. The van der Waals surface area contributed by atoms with Gasteiger partial charge >= 0.3 is 5.97 Å². The van der Waals surface area contributed by atoms with E-state index in [9.17, 15) is 14.4 Å². The van der Waals surface area contributed by atoms with E-state index in [-0.39, 0.29) is 24.3 Å². The third kappa shape index (κ3) is 6.50. The molecule has 6 nitrogen and oxygen atoms in total. The minimum Gasteiger partial charge on any atom is -0.482 e. The molecule has 2 rings (SSSR count). The van der Waals surface area contributed by atoms with E-state index in [1.54, 1.807) is 31.2 Å². The van der Waals surface area contributed by atoms with Crippen LogP contribution in [0, 0.1) is 0 Å². The van der Waals surface area contributed by atoms with Crippen molar-refractivity contribution < 1.29 is 23.9 Å². The minimum absolute atomic E-state index is 0.0816. The van der Waals surface area contributed by atoms with E-state index in [1.165, 1.54) is 19.8 Å². The van der Waals surface area contributed by atoms with Gasteiger partial charge in [-0.15, -0.1) is 0 Å². The van der Waals surface area contributed by atoms with Crippen LogP contribution in [-0.2, 0) is 14.3 Å². The maximum atomic E-state index is 12.2. The van der Waals surface area contributed by atoms with Crippen molar-refractivity contribution in [2.45, 2.75) is 64.5 Å². The number of hydrogen-bond donors (Lipinski definition) is 1. The highest BCUT2D eigenvalue weighted by Gasteiger charge is 2.22. The molecule has 1 fully saturated rings. The van der Waals surface area contributed by atoms with Crippen LogP contribution in [0.15, 0.2) is 24.3 Å². The second kappa shape index (κ2) is 9.94. The van der Waals surface area contributed by atoms with E-state index in [2.05, 4.69) is 5.32 Å². The summed E-state index contributed by atoms with van der Waals surface area (Å²) in [6.45, 7) is 2.70. The molecule has 0 heterocycles. The van der Waals surface area contributed by atoms with Crippen LogP contribution in [0.5, 0.6) is 5.75 Å². The Morgan fingerprint density at radius 1 is 1.15 bits per heavy atom. The highest BCUT2D eigenvalue weighted by atomic mass is 16.6. The predicted molar refractivity (Wildman–Crippen MR) is 97.1 cm³/mol. The summed E-state index contributed by atoms with van der Waals surface area (Å²) in [5.74, 6) is -0.572. The second-order valence-corrected chi connectivity index (χ2v) is 6.70. The Morgan fingerprint density at radius 2 is 1.85 bits per heavy atom. The number of carbonyl (C=O) groups excluding carboxylic acids is 3. The maximum Gasteiger partial charge on any atom is 0.344 e. The van der Waals surface area contributed by atoms with Gasteiger partial charge in [0.1, 0.15) is 5.75 Å². The zero-order valence-electron chi connectivity index (χ0n) is 15.5. The molecule has 1 aromatic carbocycles. The van der Waals surface area contributed by atoms with Gasteiger partial charge in [-0.25, -0.2) is 4.79 Å². The number of ether oxygens (including phenoxy) is 2. The molecule has 0 saturated heterocycles. The molecule has 6 heteroatoms. The lowest BCUT2D eigenvalue weighted by atomic mass is 10.1. The Morgan fingerprint density at radius 3 is 2.50 bits per heavy atom. The molecule has 1 amide bonds. The van der Waals surface area contributed by atoms with Gasteiger partial charge in [-0.1, -0.05) is 37.8 Å². The number of rotatable bonds is 7.